The molecule has 0 aromatic carbocycles. The van der Waals surface area contributed by atoms with Crippen LogP contribution in [-0.4, -0.2) is 39.7 Å². The molecule has 1 amide bonds. The van der Waals surface area contributed by atoms with Crippen LogP contribution >= 0.6 is 11.3 Å². The molecule has 1 saturated heterocycles. The van der Waals surface area contributed by atoms with Crippen molar-refractivity contribution in [3.63, 3.8) is 0 Å². The summed E-state index contributed by atoms with van der Waals surface area (Å²) in [6.07, 6.45) is 5.28. The molecule has 1 aliphatic heterocycles. The minimum absolute atomic E-state index is 0.0108. The summed E-state index contributed by atoms with van der Waals surface area (Å²) in [6, 6.07) is 0.459. The summed E-state index contributed by atoms with van der Waals surface area (Å²) in [7, 11) is 0. The second-order valence-corrected chi connectivity index (χ2v) is 9.81. The van der Waals surface area contributed by atoms with Gasteiger partial charge in [-0.1, -0.05) is 0 Å². The number of nitrogens with one attached hydrogen (secondary N) is 1. The van der Waals surface area contributed by atoms with E-state index in [2.05, 4.69) is 24.1 Å². The molecule has 1 spiro atoms. The van der Waals surface area contributed by atoms with Crippen LogP contribution in [0.3, 0.4) is 0 Å². The van der Waals surface area contributed by atoms with Gasteiger partial charge in [-0.25, -0.2) is 9.78 Å². The Morgan fingerprint density at radius 1 is 1.40 bits per heavy atom. The first-order chi connectivity index (χ1) is 11.7. The number of carbonyl (C=O) groups excluding carboxylic acids is 1. The van der Waals surface area contributed by atoms with Crippen LogP contribution in [0.1, 0.15) is 68.5 Å². The van der Waals surface area contributed by atoms with E-state index in [0.717, 1.165) is 49.5 Å². The second-order valence-electron chi connectivity index (χ2n) is 8.52. The molecule has 0 radical (unpaired) electrons. The lowest BCUT2D eigenvalue weighted by atomic mass is 9.69. The highest BCUT2D eigenvalue weighted by molar-refractivity contribution is 7.11. The predicted molar refractivity (Wildman–Crippen MR) is 101 cm³/mol. The van der Waals surface area contributed by atoms with Gasteiger partial charge in [-0.2, -0.15) is 0 Å². The van der Waals surface area contributed by atoms with E-state index in [4.69, 9.17) is 4.74 Å². The van der Waals surface area contributed by atoms with E-state index in [1.165, 1.54) is 11.3 Å². The van der Waals surface area contributed by atoms with Crippen LogP contribution in [-0.2, 0) is 11.3 Å². The van der Waals surface area contributed by atoms with Crippen LogP contribution in [0.4, 0.5) is 4.79 Å². The average Bonchev–Trinajstić information content (AvgIpc) is 2.79. The summed E-state index contributed by atoms with van der Waals surface area (Å²) in [5.41, 5.74) is 0.717. The number of hydrogen-bond acceptors (Lipinski definition) is 5. The lowest BCUT2D eigenvalue weighted by Gasteiger charge is -2.54. The molecule has 0 bridgehead atoms. The molecule has 3 rings (SSSR count). The standard InChI is InChI=1S/C19H31N3O2S/c1-13-16(25-14(2)21-13)12-20-15-7-10-22(17(23)24-18(3,4)5)19(11-15)8-6-9-19/h15,20H,6-12H2,1-5H3. The number of piperidine rings is 1. The zero-order chi connectivity index (χ0) is 18.2. The second kappa shape index (κ2) is 6.88. The summed E-state index contributed by atoms with van der Waals surface area (Å²) in [4.78, 5) is 20.5. The number of nitrogens with zero attached hydrogens (tertiary/aromatic N) is 2. The van der Waals surface area contributed by atoms with Crippen molar-refractivity contribution in [1.29, 1.82) is 0 Å². The van der Waals surface area contributed by atoms with E-state index >= 15 is 0 Å². The van der Waals surface area contributed by atoms with Crippen LogP contribution in [0.25, 0.3) is 0 Å². The smallest absolute Gasteiger partial charge is 0.410 e. The third-order valence-electron chi connectivity index (χ3n) is 5.35. The minimum atomic E-state index is -0.432. The highest BCUT2D eigenvalue weighted by atomic mass is 32.1. The topological polar surface area (TPSA) is 54.5 Å². The molecular formula is C19H31N3O2S. The Labute approximate surface area is 155 Å². The molecule has 1 aromatic rings. The van der Waals surface area contributed by atoms with Gasteiger partial charge in [0.2, 0.25) is 0 Å². The summed E-state index contributed by atoms with van der Waals surface area (Å²) in [5, 5.41) is 4.84. The molecule has 1 aromatic heterocycles. The predicted octanol–water partition coefficient (Wildman–Crippen LogP) is 4.17. The molecule has 5 nitrogen and oxygen atoms in total. The van der Waals surface area contributed by atoms with Crippen molar-refractivity contribution in [1.82, 2.24) is 15.2 Å². The van der Waals surface area contributed by atoms with Gasteiger partial charge in [-0.3, -0.25) is 0 Å². The van der Waals surface area contributed by atoms with E-state index in [1.54, 1.807) is 11.3 Å². The van der Waals surface area contributed by atoms with Crippen molar-refractivity contribution >= 4 is 17.4 Å². The van der Waals surface area contributed by atoms with E-state index < -0.39 is 5.60 Å². The first kappa shape index (κ1) is 18.6. The van der Waals surface area contributed by atoms with Gasteiger partial charge in [0.05, 0.1) is 10.7 Å². The first-order valence-corrected chi connectivity index (χ1v) is 10.2. The van der Waals surface area contributed by atoms with Gasteiger partial charge in [0.1, 0.15) is 5.60 Å². The lowest BCUT2D eigenvalue weighted by molar-refractivity contribution is -0.0494. The van der Waals surface area contributed by atoms with Gasteiger partial charge < -0.3 is 15.0 Å². The summed E-state index contributed by atoms with van der Waals surface area (Å²) < 4.78 is 5.65. The van der Waals surface area contributed by atoms with Gasteiger partial charge in [0, 0.05) is 29.5 Å². The van der Waals surface area contributed by atoms with Crippen molar-refractivity contribution in [3.8, 4) is 0 Å². The average molecular weight is 366 g/mol. The largest absolute Gasteiger partial charge is 0.444 e. The maximum atomic E-state index is 12.6. The van der Waals surface area contributed by atoms with Crippen molar-refractivity contribution in [2.75, 3.05) is 6.54 Å². The Morgan fingerprint density at radius 2 is 2.12 bits per heavy atom. The molecule has 25 heavy (non-hydrogen) atoms. The van der Waals surface area contributed by atoms with Crippen molar-refractivity contribution in [2.45, 2.75) is 90.4 Å². The van der Waals surface area contributed by atoms with Gasteiger partial charge in [0.15, 0.2) is 0 Å². The van der Waals surface area contributed by atoms with E-state index in [9.17, 15) is 4.79 Å². The van der Waals surface area contributed by atoms with Crippen LogP contribution in [0.5, 0.6) is 0 Å². The Kier molecular flexibility index (Phi) is 5.13. The SMILES string of the molecule is Cc1nc(C)c(CNC2CCN(C(=O)OC(C)(C)C)C3(CCC3)C2)s1. The van der Waals surface area contributed by atoms with Crippen molar-refractivity contribution < 1.29 is 9.53 Å². The van der Waals surface area contributed by atoms with Crippen molar-refractivity contribution in [2.24, 2.45) is 0 Å². The number of rotatable bonds is 3. The Morgan fingerprint density at radius 3 is 2.64 bits per heavy atom. The number of aryl methyl sites for hydroxylation is 2. The monoisotopic (exact) mass is 365 g/mol. The Hall–Kier alpha value is -1.14. The van der Waals surface area contributed by atoms with Gasteiger partial charge in [-0.15, -0.1) is 11.3 Å². The van der Waals surface area contributed by atoms with Crippen LogP contribution in [0, 0.1) is 13.8 Å². The molecule has 2 heterocycles. The zero-order valence-corrected chi connectivity index (χ0v) is 17.0. The summed E-state index contributed by atoms with van der Waals surface area (Å²) >= 11 is 1.78. The number of thiazole rings is 1. The fraction of sp³-hybridized carbons (Fsp3) is 0.789. The summed E-state index contributed by atoms with van der Waals surface area (Å²) in [5.74, 6) is 0. The normalized spacial score (nSPS) is 22.8. The number of ether oxygens (including phenoxy) is 1. The Bertz CT molecular complexity index is 631. The van der Waals surface area contributed by atoms with Gasteiger partial charge in [0.25, 0.3) is 0 Å². The summed E-state index contributed by atoms with van der Waals surface area (Å²) in [6.45, 7) is 11.6. The molecular weight excluding hydrogens is 334 g/mol. The number of aromatic nitrogens is 1. The molecule has 6 heteroatoms. The highest BCUT2D eigenvalue weighted by Gasteiger charge is 2.49. The molecule has 1 unspecified atom stereocenters. The fourth-order valence-corrected chi connectivity index (χ4v) is 4.89. The minimum Gasteiger partial charge on any atom is -0.444 e. The molecule has 140 valence electrons. The number of carbonyl (C=O) groups is 1. The number of likely N-dealkylation sites (tertiary alicyclic amines) is 1. The molecule has 1 atom stereocenters. The molecule has 1 saturated carbocycles. The van der Waals surface area contributed by atoms with E-state index in [1.807, 2.05) is 25.7 Å². The van der Waals surface area contributed by atoms with Crippen molar-refractivity contribution in [3.05, 3.63) is 15.6 Å². The van der Waals surface area contributed by atoms with Crippen LogP contribution in [0.2, 0.25) is 0 Å². The zero-order valence-electron chi connectivity index (χ0n) is 16.1. The van der Waals surface area contributed by atoms with Gasteiger partial charge >= 0.3 is 6.09 Å². The maximum absolute atomic E-state index is 12.6. The lowest BCUT2D eigenvalue weighted by Crippen LogP contribution is -2.63. The molecule has 2 fully saturated rings. The van der Waals surface area contributed by atoms with E-state index in [-0.39, 0.29) is 11.6 Å². The third kappa shape index (κ3) is 4.17. The molecule has 1 N–H and O–H groups in total. The molecule has 1 aliphatic carbocycles. The fourth-order valence-electron chi connectivity index (χ4n) is 4.00. The first-order valence-electron chi connectivity index (χ1n) is 9.35. The molecule has 2 aliphatic rings. The van der Waals surface area contributed by atoms with Crippen LogP contribution < -0.4 is 5.32 Å². The number of hydrogen-bond donors (Lipinski definition) is 1. The number of amides is 1. The van der Waals surface area contributed by atoms with E-state index in [0.29, 0.717) is 6.04 Å². The van der Waals surface area contributed by atoms with Gasteiger partial charge in [-0.05, 0) is 66.7 Å². The third-order valence-corrected chi connectivity index (χ3v) is 6.42. The highest BCUT2D eigenvalue weighted by Crippen LogP contribution is 2.45. The maximum Gasteiger partial charge on any atom is 0.410 e. The van der Waals surface area contributed by atoms with Crippen LogP contribution in [0.15, 0.2) is 0 Å². The Balaban J connectivity index is 1.60. The quantitative estimate of drug-likeness (QED) is 0.873.